The van der Waals surface area contributed by atoms with Crippen LogP contribution < -0.4 is 0 Å². The van der Waals surface area contributed by atoms with Gasteiger partial charge in [0.2, 0.25) is 0 Å². The van der Waals surface area contributed by atoms with Gasteiger partial charge in [-0.2, -0.15) is 0 Å². The highest BCUT2D eigenvalue weighted by Gasteiger charge is 2.24. The van der Waals surface area contributed by atoms with Crippen LogP contribution in [0.25, 0.3) is 10.8 Å². The van der Waals surface area contributed by atoms with Crippen LogP contribution in [0.2, 0.25) is 0 Å². The van der Waals surface area contributed by atoms with Gasteiger partial charge in [-0.3, -0.25) is 0 Å². The van der Waals surface area contributed by atoms with Crippen molar-refractivity contribution >= 4 is 10.8 Å². The Morgan fingerprint density at radius 2 is 1.71 bits per heavy atom. The molecule has 1 unspecified atom stereocenters. The minimum atomic E-state index is -0.738. The Hall–Kier alpha value is -1.34. The summed E-state index contributed by atoms with van der Waals surface area (Å²) in [6.07, 6.45) is 0.783. The topological polar surface area (TPSA) is 20.2 Å². The Balaban J connectivity index is 2.42. The normalized spacial score (nSPS) is 15.1. The molecule has 0 aliphatic heterocycles. The molecular formula is C16H20O. The van der Waals surface area contributed by atoms with Crippen LogP contribution in [0.1, 0.15) is 32.8 Å². The molecule has 0 aliphatic carbocycles. The zero-order valence-electron chi connectivity index (χ0n) is 10.8. The van der Waals surface area contributed by atoms with E-state index < -0.39 is 5.60 Å². The second-order valence-electron chi connectivity index (χ2n) is 5.43. The predicted molar refractivity (Wildman–Crippen MR) is 73.0 cm³/mol. The minimum Gasteiger partial charge on any atom is -0.385 e. The molecule has 0 aliphatic rings. The second-order valence-corrected chi connectivity index (χ2v) is 5.43. The van der Waals surface area contributed by atoms with E-state index in [4.69, 9.17) is 0 Å². The van der Waals surface area contributed by atoms with Gasteiger partial charge in [0.25, 0.3) is 0 Å². The van der Waals surface area contributed by atoms with Crippen molar-refractivity contribution in [3.8, 4) is 0 Å². The third kappa shape index (κ3) is 2.67. The first-order valence-corrected chi connectivity index (χ1v) is 6.21. The van der Waals surface area contributed by atoms with Crippen LogP contribution in [0.5, 0.6) is 0 Å². The fraction of sp³-hybridized carbons (Fsp3) is 0.375. The average molecular weight is 228 g/mol. The predicted octanol–water partition coefficient (Wildman–Crippen LogP) is 4.09. The largest absolute Gasteiger partial charge is 0.385 e. The molecule has 0 heterocycles. The molecule has 1 nitrogen and oxygen atoms in total. The Bertz CT molecular complexity index is 512. The Morgan fingerprint density at radius 3 is 2.35 bits per heavy atom. The fourth-order valence-electron chi connectivity index (χ4n) is 2.44. The number of aliphatic hydroxyl groups is 1. The van der Waals surface area contributed by atoms with Crippen LogP contribution in [-0.4, -0.2) is 5.11 Å². The highest BCUT2D eigenvalue weighted by Crippen LogP contribution is 2.30. The van der Waals surface area contributed by atoms with Crippen molar-refractivity contribution in [2.24, 2.45) is 5.92 Å². The molecule has 17 heavy (non-hydrogen) atoms. The molecule has 0 saturated carbocycles. The van der Waals surface area contributed by atoms with Crippen molar-refractivity contribution in [1.29, 1.82) is 0 Å². The summed E-state index contributed by atoms with van der Waals surface area (Å²) < 4.78 is 0. The summed E-state index contributed by atoms with van der Waals surface area (Å²) in [6, 6.07) is 14.5. The summed E-state index contributed by atoms with van der Waals surface area (Å²) in [7, 11) is 0. The summed E-state index contributed by atoms with van der Waals surface area (Å²) in [6.45, 7) is 6.17. The quantitative estimate of drug-likeness (QED) is 0.838. The average Bonchev–Trinajstić information content (AvgIpc) is 2.26. The van der Waals surface area contributed by atoms with Gasteiger partial charge in [-0.1, -0.05) is 50.2 Å². The van der Waals surface area contributed by atoms with E-state index in [1.807, 2.05) is 25.1 Å². The van der Waals surface area contributed by atoms with E-state index in [0.717, 1.165) is 12.0 Å². The summed E-state index contributed by atoms with van der Waals surface area (Å²) in [5.41, 5.74) is 0.267. The zero-order valence-corrected chi connectivity index (χ0v) is 10.8. The highest BCUT2D eigenvalue weighted by molar-refractivity contribution is 5.83. The number of hydrogen-bond acceptors (Lipinski definition) is 1. The molecule has 0 fully saturated rings. The summed E-state index contributed by atoms with van der Waals surface area (Å²) in [5, 5.41) is 12.9. The van der Waals surface area contributed by atoms with Gasteiger partial charge in [0, 0.05) is 0 Å². The molecule has 2 rings (SSSR count). The van der Waals surface area contributed by atoms with Gasteiger partial charge in [0.15, 0.2) is 0 Å². The summed E-state index contributed by atoms with van der Waals surface area (Å²) >= 11 is 0. The van der Waals surface area contributed by atoms with Crippen LogP contribution in [0.15, 0.2) is 42.5 Å². The number of fused-ring (bicyclic) bond motifs is 1. The molecule has 1 heteroatoms. The fourth-order valence-corrected chi connectivity index (χ4v) is 2.44. The van der Waals surface area contributed by atoms with Gasteiger partial charge in [-0.15, -0.1) is 0 Å². The van der Waals surface area contributed by atoms with Gasteiger partial charge >= 0.3 is 0 Å². The third-order valence-corrected chi connectivity index (χ3v) is 3.18. The van der Waals surface area contributed by atoms with E-state index in [2.05, 4.69) is 38.1 Å². The van der Waals surface area contributed by atoms with E-state index in [9.17, 15) is 5.11 Å². The van der Waals surface area contributed by atoms with Crippen LogP contribution in [0.4, 0.5) is 0 Å². The summed E-state index contributed by atoms with van der Waals surface area (Å²) in [5.74, 6) is 0.483. The van der Waals surface area contributed by atoms with E-state index in [1.54, 1.807) is 0 Å². The third-order valence-electron chi connectivity index (χ3n) is 3.18. The molecule has 0 saturated heterocycles. The van der Waals surface area contributed by atoms with Crippen molar-refractivity contribution in [3.05, 3.63) is 48.0 Å². The Morgan fingerprint density at radius 1 is 1.06 bits per heavy atom. The van der Waals surface area contributed by atoms with Crippen LogP contribution in [0, 0.1) is 5.92 Å². The smallest absolute Gasteiger partial charge is 0.0871 e. The maximum Gasteiger partial charge on any atom is 0.0871 e. The molecule has 0 spiro atoms. The molecule has 0 aromatic heterocycles. The molecular weight excluding hydrogens is 208 g/mol. The van der Waals surface area contributed by atoms with Gasteiger partial charge in [-0.25, -0.2) is 0 Å². The molecule has 2 aromatic rings. The van der Waals surface area contributed by atoms with Crippen molar-refractivity contribution in [3.63, 3.8) is 0 Å². The van der Waals surface area contributed by atoms with Crippen molar-refractivity contribution < 1.29 is 5.11 Å². The number of hydrogen-bond donors (Lipinski definition) is 1. The van der Waals surface area contributed by atoms with Crippen molar-refractivity contribution in [1.82, 2.24) is 0 Å². The van der Waals surface area contributed by atoms with E-state index in [-0.39, 0.29) is 0 Å². The standard InChI is InChI=1S/C16H20O/c1-12(2)11-16(3,17)15-9-8-13-6-4-5-7-14(13)10-15/h4-10,12,17H,11H2,1-3H3. The first kappa shape index (κ1) is 12.1. The molecule has 90 valence electrons. The zero-order chi connectivity index (χ0) is 12.5. The maximum atomic E-state index is 10.5. The minimum absolute atomic E-state index is 0.483. The lowest BCUT2D eigenvalue weighted by atomic mass is 9.86. The molecule has 0 amide bonds. The van der Waals surface area contributed by atoms with Gasteiger partial charge < -0.3 is 5.11 Å². The molecule has 0 radical (unpaired) electrons. The lowest BCUT2D eigenvalue weighted by molar-refractivity contribution is 0.0350. The van der Waals surface area contributed by atoms with Gasteiger partial charge in [-0.05, 0) is 41.7 Å². The van der Waals surface area contributed by atoms with Crippen molar-refractivity contribution in [2.45, 2.75) is 32.8 Å². The van der Waals surface area contributed by atoms with E-state index in [1.165, 1.54) is 10.8 Å². The first-order valence-electron chi connectivity index (χ1n) is 6.21. The van der Waals surface area contributed by atoms with Crippen molar-refractivity contribution in [2.75, 3.05) is 0 Å². The lowest BCUT2D eigenvalue weighted by Crippen LogP contribution is -2.23. The number of benzene rings is 2. The Labute approximate surface area is 103 Å². The SMILES string of the molecule is CC(C)CC(C)(O)c1ccc2ccccc2c1. The van der Waals surface area contributed by atoms with Gasteiger partial charge in [0.1, 0.15) is 0 Å². The van der Waals surface area contributed by atoms with E-state index >= 15 is 0 Å². The number of rotatable bonds is 3. The molecule has 1 N–H and O–H groups in total. The van der Waals surface area contributed by atoms with Crippen LogP contribution >= 0.6 is 0 Å². The molecule has 0 bridgehead atoms. The highest BCUT2D eigenvalue weighted by atomic mass is 16.3. The van der Waals surface area contributed by atoms with E-state index in [0.29, 0.717) is 5.92 Å². The maximum absolute atomic E-state index is 10.5. The Kier molecular flexibility index (Phi) is 3.21. The van der Waals surface area contributed by atoms with Crippen LogP contribution in [-0.2, 0) is 5.60 Å². The summed E-state index contributed by atoms with van der Waals surface area (Å²) in [4.78, 5) is 0. The lowest BCUT2D eigenvalue weighted by Gasteiger charge is -2.26. The molecule has 2 aromatic carbocycles. The van der Waals surface area contributed by atoms with Crippen LogP contribution in [0.3, 0.4) is 0 Å². The molecule has 1 atom stereocenters. The monoisotopic (exact) mass is 228 g/mol. The van der Waals surface area contributed by atoms with Gasteiger partial charge in [0.05, 0.1) is 5.60 Å². The first-order chi connectivity index (χ1) is 7.99. The second kappa shape index (κ2) is 4.50.